The van der Waals surface area contributed by atoms with Crippen LogP contribution in [0.15, 0.2) is 53.4 Å². The molecule has 0 aliphatic carbocycles. The minimum atomic E-state index is -0.470. The van der Waals surface area contributed by atoms with Crippen LogP contribution in [0.5, 0.6) is 0 Å². The number of hydrogen-bond acceptors (Lipinski definition) is 7. The van der Waals surface area contributed by atoms with Gasteiger partial charge in [-0.15, -0.1) is 11.8 Å². The van der Waals surface area contributed by atoms with Crippen molar-refractivity contribution in [2.75, 3.05) is 18.4 Å². The maximum Gasteiger partial charge on any atom is 0.269 e. The fourth-order valence-electron chi connectivity index (χ4n) is 2.14. The molecular weight excluding hydrogens is 372 g/mol. The molecule has 0 bridgehead atoms. The third-order valence-electron chi connectivity index (χ3n) is 3.56. The van der Waals surface area contributed by atoms with E-state index < -0.39 is 9.85 Å². The van der Waals surface area contributed by atoms with Crippen LogP contribution in [0.2, 0.25) is 0 Å². The van der Waals surface area contributed by atoms with Gasteiger partial charge in [0.05, 0.1) is 15.1 Å². The summed E-state index contributed by atoms with van der Waals surface area (Å²) in [5.41, 5.74) is 0.753. The summed E-state index contributed by atoms with van der Waals surface area (Å²) in [7, 11) is 0. The first-order valence-electron chi connectivity index (χ1n) is 8.04. The highest BCUT2D eigenvalue weighted by Gasteiger charge is 2.14. The first kappa shape index (κ1) is 20.2. The predicted octanol–water partition coefficient (Wildman–Crippen LogP) is 3.21. The number of rotatable bonds is 9. The monoisotopic (exact) mass is 390 g/mol. The van der Waals surface area contributed by atoms with E-state index in [1.165, 1.54) is 36.0 Å². The molecule has 0 saturated carbocycles. The second-order valence-electron chi connectivity index (χ2n) is 5.53. The first-order valence-corrected chi connectivity index (χ1v) is 8.92. The van der Waals surface area contributed by atoms with Crippen LogP contribution in [0.4, 0.5) is 17.1 Å². The van der Waals surface area contributed by atoms with Crippen LogP contribution in [-0.2, 0) is 4.79 Å². The van der Waals surface area contributed by atoms with Crippen molar-refractivity contribution >= 4 is 34.7 Å². The summed E-state index contributed by atoms with van der Waals surface area (Å²) in [5.74, 6) is -0.149. The molecule has 2 aromatic rings. The number of carbonyl (C=O) groups is 1. The Kier molecular flexibility index (Phi) is 7.12. The zero-order chi connectivity index (χ0) is 19.8. The minimum Gasteiger partial charge on any atom is -0.383 e. The quantitative estimate of drug-likeness (QED) is 0.291. The molecule has 0 saturated heterocycles. The molecule has 1 atom stereocenters. The fraction of sp³-hybridized carbons (Fsp3) is 0.235. The molecule has 1 amide bonds. The maximum atomic E-state index is 12.1. The van der Waals surface area contributed by atoms with Crippen molar-refractivity contribution in [1.29, 1.82) is 0 Å². The number of hydrogen-bond donors (Lipinski definition) is 2. The van der Waals surface area contributed by atoms with Crippen molar-refractivity contribution in [2.45, 2.75) is 17.1 Å². The normalized spacial score (nSPS) is 11.4. The van der Waals surface area contributed by atoms with Gasteiger partial charge in [0, 0.05) is 47.9 Å². The molecule has 0 aliphatic rings. The van der Waals surface area contributed by atoms with Crippen molar-refractivity contribution in [2.24, 2.45) is 0 Å². The molecule has 142 valence electrons. The third kappa shape index (κ3) is 6.26. The lowest BCUT2D eigenvalue weighted by molar-refractivity contribution is -0.385. The number of non-ortho nitro benzene ring substituents is 2. The largest absolute Gasteiger partial charge is 0.383 e. The van der Waals surface area contributed by atoms with Crippen LogP contribution in [0, 0.1) is 20.2 Å². The Morgan fingerprint density at radius 1 is 0.963 bits per heavy atom. The van der Waals surface area contributed by atoms with Crippen LogP contribution < -0.4 is 10.6 Å². The molecule has 1 unspecified atom stereocenters. The lowest BCUT2D eigenvalue weighted by atomic mass is 10.3. The van der Waals surface area contributed by atoms with Gasteiger partial charge in [0.25, 0.3) is 11.4 Å². The molecule has 2 rings (SSSR count). The summed E-state index contributed by atoms with van der Waals surface area (Å²) >= 11 is 1.31. The lowest BCUT2D eigenvalue weighted by Crippen LogP contribution is -2.34. The SMILES string of the molecule is CC(Sc1ccc([N+](=O)[O-])cc1)C(=O)NCCNc1ccc([N+](=O)[O-])cc1. The standard InChI is InChI=1S/C17H18N4O5S/c1-12(27-16-8-6-15(7-9-16)21(25)26)17(22)19-11-10-18-13-2-4-14(5-3-13)20(23)24/h2-9,12,18H,10-11H2,1H3,(H,19,22). The zero-order valence-corrected chi connectivity index (χ0v) is 15.3. The maximum absolute atomic E-state index is 12.1. The number of nitro benzene ring substituents is 2. The second-order valence-corrected chi connectivity index (χ2v) is 6.95. The number of amides is 1. The van der Waals surface area contributed by atoms with Crippen molar-refractivity contribution in [1.82, 2.24) is 5.32 Å². The average molecular weight is 390 g/mol. The number of thioether (sulfide) groups is 1. The molecule has 0 fully saturated rings. The second kappa shape index (κ2) is 9.53. The van der Waals surface area contributed by atoms with Gasteiger partial charge in [0.1, 0.15) is 0 Å². The third-order valence-corrected chi connectivity index (χ3v) is 4.67. The molecule has 0 spiro atoms. The van der Waals surface area contributed by atoms with Gasteiger partial charge in [-0.3, -0.25) is 25.0 Å². The van der Waals surface area contributed by atoms with E-state index in [0.717, 1.165) is 10.6 Å². The summed E-state index contributed by atoms with van der Waals surface area (Å²) in [6.45, 7) is 2.62. The molecular formula is C17H18N4O5S. The van der Waals surface area contributed by atoms with E-state index in [9.17, 15) is 25.0 Å². The summed E-state index contributed by atoms with van der Waals surface area (Å²) in [5, 5.41) is 26.7. The number of benzene rings is 2. The Morgan fingerprint density at radius 2 is 1.48 bits per heavy atom. The van der Waals surface area contributed by atoms with E-state index >= 15 is 0 Å². The molecule has 27 heavy (non-hydrogen) atoms. The topological polar surface area (TPSA) is 127 Å². The molecule has 0 radical (unpaired) electrons. The van der Waals surface area contributed by atoms with Gasteiger partial charge in [0.2, 0.25) is 5.91 Å². The molecule has 9 nitrogen and oxygen atoms in total. The molecule has 0 aliphatic heterocycles. The Bertz CT molecular complexity index is 811. The number of anilines is 1. The van der Waals surface area contributed by atoms with Crippen molar-refractivity contribution < 1.29 is 14.6 Å². The highest BCUT2D eigenvalue weighted by Crippen LogP contribution is 2.25. The molecule has 2 N–H and O–H groups in total. The van der Waals surface area contributed by atoms with Crippen molar-refractivity contribution in [3.63, 3.8) is 0 Å². The summed E-state index contributed by atoms with van der Waals surface area (Å²) in [6, 6.07) is 12.1. The van der Waals surface area contributed by atoms with Crippen molar-refractivity contribution in [3.05, 3.63) is 68.8 Å². The van der Waals surface area contributed by atoms with Gasteiger partial charge in [-0.05, 0) is 31.2 Å². The van der Waals surface area contributed by atoms with E-state index in [-0.39, 0.29) is 22.5 Å². The number of nitrogens with zero attached hydrogens (tertiary/aromatic N) is 2. The van der Waals surface area contributed by atoms with Crippen LogP contribution in [0.1, 0.15) is 6.92 Å². The van der Waals surface area contributed by atoms with Crippen LogP contribution in [0.3, 0.4) is 0 Å². The highest BCUT2D eigenvalue weighted by atomic mass is 32.2. The average Bonchev–Trinajstić information content (AvgIpc) is 2.65. The Hall–Kier alpha value is -3.14. The van der Waals surface area contributed by atoms with E-state index in [1.54, 1.807) is 31.2 Å². The summed E-state index contributed by atoms with van der Waals surface area (Å²) in [4.78, 5) is 33.2. The van der Waals surface area contributed by atoms with Gasteiger partial charge >= 0.3 is 0 Å². The van der Waals surface area contributed by atoms with Gasteiger partial charge in [-0.2, -0.15) is 0 Å². The van der Waals surface area contributed by atoms with Gasteiger partial charge < -0.3 is 10.6 Å². The smallest absolute Gasteiger partial charge is 0.269 e. The van der Waals surface area contributed by atoms with Crippen molar-refractivity contribution in [3.8, 4) is 0 Å². The van der Waals surface area contributed by atoms with Gasteiger partial charge in [-0.1, -0.05) is 0 Å². The lowest BCUT2D eigenvalue weighted by Gasteiger charge is -2.12. The van der Waals surface area contributed by atoms with E-state index in [0.29, 0.717) is 13.1 Å². The van der Waals surface area contributed by atoms with E-state index in [4.69, 9.17) is 0 Å². The Morgan fingerprint density at radius 3 is 2.00 bits per heavy atom. The zero-order valence-electron chi connectivity index (χ0n) is 14.5. The highest BCUT2D eigenvalue weighted by molar-refractivity contribution is 8.00. The van der Waals surface area contributed by atoms with Crippen LogP contribution in [0.25, 0.3) is 0 Å². The minimum absolute atomic E-state index is 0.00812. The van der Waals surface area contributed by atoms with E-state index in [2.05, 4.69) is 10.6 Å². The fourth-order valence-corrected chi connectivity index (χ4v) is 3.03. The number of nitro groups is 2. The summed E-state index contributed by atoms with van der Waals surface area (Å²) < 4.78 is 0. The Balaban J connectivity index is 1.72. The predicted molar refractivity (Wildman–Crippen MR) is 103 cm³/mol. The number of carbonyl (C=O) groups excluding carboxylic acids is 1. The molecule has 0 heterocycles. The van der Waals surface area contributed by atoms with Gasteiger partial charge in [-0.25, -0.2) is 0 Å². The van der Waals surface area contributed by atoms with E-state index in [1.807, 2.05) is 0 Å². The van der Waals surface area contributed by atoms with Crippen LogP contribution >= 0.6 is 11.8 Å². The Labute approximate surface area is 159 Å². The molecule has 10 heteroatoms. The van der Waals surface area contributed by atoms with Gasteiger partial charge in [0.15, 0.2) is 0 Å². The number of nitrogens with one attached hydrogen (secondary N) is 2. The first-order chi connectivity index (χ1) is 12.9. The summed E-state index contributed by atoms with van der Waals surface area (Å²) in [6.07, 6.45) is 0. The molecule has 2 aromatic carbocycles. The van der Waals surface area contributed by atoms with Crippen LogP contribution in [-0.4, -0.2) is 34.1 Å². The molecule has 0 aromatic heterocycles.